The number of carbonyl (C=O) groups is 1. The van der Waals surface area contributed by atoms with Crippen molar-refractivity contribution in [1.82, 2.24) is 9.97 Å². The van der Waals surface area contributed by atoms with Gasteiger partial charge in [-0.25, -0.2) is 9.97 Å². The fourth-order valence-corrected chi connectivity index (χ4v) is 0.917. The van der Waals surface area contributed by atoms with Gasteiger partial charge in [-0.1, -0.05) is 6.92 Å². The van der Waals surface area contributed by atoms with E-state index in [0.29, 0.717) is 6.42 Å². The topological polar surface area (TPSA) is 66.6 Å². The summed E-state index contributed by atoms with van der Waals surface area (Å²) in [7, 11) is 0. The molecule has 0 aliphatic heterocycles. The number of aromatic nitrogens is 2. The molecule has 0 saturated heterocycles. The molecular formula is C9H9N3O. The van der Waals surface area contributed by atoms with Gasteiger partial charge in [0.1, 0.15) is 5.92 Å². The maximum absolute atomic E-state index is 11.5. The van der Waals surface area contributed by atoms with Crippen molar-refractivity contribution in [3.63, 3.8) is 0 Å². The van der Waals surface area contributed by atoms with Crippen LogP contribution in [0, 0.1) is 17.2 Å². The molecule has 1 aromatic rings. The van der Waals surface area contributed by atoms with E-state index >= 15 is 0 Å². The van der Waals surface area contributed by atoms with Crippen molar-refractivity contribution in [2.45, 2.75) is 13.3 Å². The average molecular weight is 175 g/mol. The van der Waals surface area contributed by atoms with Gasteiger partial charge in [-0.2, -0.15) is 5.26 Å². The van der Waals surface area contributed by atoms with Gasteiger partial charge in [0.05, 0.1) is 6.07 Å². The first-order chi connectivity index (χ1) is 6.29. The minimum absolute atomic E-state index is 0.121. The van der Waals surface area contributed by atoms with Crippen molar-refractivity contribution < 1.29 is 4.79 Å². The van der Waals surface area contributed by atoms with Crippen LogP contribution in [0.5, 0.6) is 0 Å². The zero-order chi connectivity index (χ0) is 9.68. The quantitative estimate of drug-likeness (QED) is 0.647. The Labute approximate surface area is 76.2 Å². The van der Waals surface area contributed by atoms with Crippen LogP contribution in [0.4, 0.5) is 0 Å². The van der Waals surface area contributed by atoms with Gasteiger partial charge in [0.25, 0.3) is 0 Å². The molecule has 0 aromatic carbocycles. The van der Waals surface area contributed by atoms with Crippen LogP contribution >= 0.6 is 0 Å². The van der Waals surface area contributed by atoms with E-state index in [1.54, 1.807) is 13.0 Å². The highest BCUT2D eigenvalue weighted by Gasteiger charge is 2.19. The molecular weight excluding hydrogens is 166 g/mol. The molecule has 0 N–H and O–H groups in total. The fourth-order valence-electron chi connectivity index (χ4n) is 0.917. The van der Waals surface area contributed by atoms with Crippen LogP contribution < -0.4 is 0 Å². The number of Topliss-reactive ketones (excluding diaryl/α,β-unsaturated/α-hetero) is 1. The molecule has 0 aliphatic carbocycles. The summed E-state index contributed by atoms with van der Waals surface area (Å²) in [5, 5.41) is 8.63. The van der Waals surface area contributed by atoms with Crippen LogP contribution in [-0.4, -0.2) is 15.8 Å². The van der Waals surface area contributed by atoms with Crippen molar-refractivity contribution in [3.05, 3.63) is 24.3 Å². The molecule has 0 bridgehead atoms. The van der Waals surface area contributed by atoms with Crippen LogP contribution in [0.15, 0.2) is 18.5 Å². The van der Waals surface area contributed by atoms with Crippen LogP contribution in [-0.2, 0) is 0 Å². The second-order valence-corrected chi connectivity index (χ2v) is 2.53. The van der Waals surface area contributed by atoms with Crippen molar-refractivity contribution in [2.24, 2.45) is 5.92 Å². The number of hydrogen-bond acceptors (Lipinski definition) is 4. The molecule has 1 rings (SSSR count). The van der Waals surface area contributed by atoms with Crippen molar-refractivity contribution >= 4 is 5.78 Å². The Balaban J connectivity index is 2.86. The summed E-state index contributed by atoms with van der Waals surface area (Å²) in [6.45, 7) is 1.79. The molecule has 0 fully saturated rings. The lowest BCUT2D eigenvalue weighted by Gasteiger charge is -2.01. The molecule has 0 radical (unpaired) electrons. The van der Waals surface area contributed by atoms with Crippen molar-refractivity contribution in [1.29, 1.82) is 5.26 Å². The van der Waals surface area contributed by atoms with Crippen molar-refractivity contribution in [2.75, 3.05) is 0 Å². The monoisotopic (exact) mass is 175 g/mol. The van der Waals surface area contributed by atoms with E-state index in [1.165, 1.54) is 12.4 Å². The molecule has 4 heteroatoms. The van der Waals surface area contributed by atoms with Gasteiger partial charge in [0.15, 0.2) is 5.82 Å². The number of nitriles is 1. The average Bonchev–Trinajstić information content (AvgIpc) is 2.21. The van der Waals surface area contributed by atoms with Crippen LogP contribution in [0.25, 0.3) is 0 Å². The van der Waals surface area contributed by atoms with Gasteiger partial charge in [-0.05, 0) is 12.5 Å². The number of ketones is 1. The highest BCUT2D eigenvalue weighted by molar-refractivity contribution is 5.95. The summed E-state index contributed by atoms with van der Waals surface area (Å²) < 4.78 is 0. The summed E-state index contributed by atoms with van der Waals surface area (Å²) in [5.74, 6) is -0.802. The molecule has 1 aromatic heterocycles. The van der Waals surface area contributed by atoms with E-state index in [4.69, 9.17) is 5.26 Å². The molecule has 13 heavy (non-hydrogen) atoms. The standard InChI is InChI=1S/C9H9N3O/c1-2-7(6-10)8(13)9-11-4-3-5-12-9/h3-5,7H,2H2,1H3. The maximum Gasteiger partial charge on any atom is 0.217 e. The van der Waals surface area contributed by atoms with E-state index in [-0.39, 0.29) is 11.6 Å². The first-order valence-corrected chi connectivity index (χ1v) is 4.00. The fraction of sp³-hybridized carbons (Fsp3) is 0.333. The molecule has 0 saturated carbocycles. The van der Waals surface area contributed by atoms with Gasteiger partial charge in [0.2, 0.25) is 5.78 Å². The van der Waals surface area contributed by atoms with E-state index in [9.17, 15) is 4.79 Å². The van der Waals surface area contributed by atoms with Crippen LogP contribution in [0.2, 0.25) is 0 Å². The summed E-state index contributed by atoms with van der Waals surface area (Å²) in [6.07, 6.45) is 3.47. The number of hydrogen-bond donors (Lipinski definition) is 0. The maximum atomic E-state index is 11.5. The lowest BCUT2D eigenvalue weighted by Crippen LogP contribution is -2.14. The Hall–Kier alpha value is -1.76. The molecule has 1 heterocycles. The SMILES string of the molecule is CCC(C#N)C(=O)c1ncccn1. The molecule has 4 nitrogen and oxygen atoms in total. The van der Waals surface area contributed by atoms with E-state index < -0.39 is 5.92 Å². The molecule has 0 aliphatic rings. The Morgan fingerprint density at radius 3 is 2.69 bits per heavy atom. The first-order valence-electron chi connectivity index (χ1n) is 4.00. The third-order valence-electron chi connectivity index (χ3n) is 1.67. The third kappa shape index (κ3) is 2.09. The van der Waals surface area contributed by atoms with Gasteiger partial charge in [-0.3, -0.25) is 4.79 Å². The number of nitrogens with zero attached hydrogens (tertiary/aromatic N) is 3. The third-order valence-corrected chi connectivity index (χ3v) is 1.67. The summed E-state index contributed by atoms with van der Waals surface area (Å²) >= 11 is 0. The van der Waals surface area contributed by atoms with E-state index in [0.717, 1.165) is 0 Å². The molecule has 1 atom stereocenters. The Kier molecular flexibility index (Phi) is 3.09. The van der Waals surface area contributed by atoms with E-state index in [2.05, 4.69) is 9.97 Å². The number of carbonyl (C=O) groups excluding carboxylic acids is 1. The summed E-state index contributed by atoms with van der Waals surface area (Å²) in [5.41, 5.74) is 0. The molecule has 66 valence electrons. The normalized spacial score (nSPS) is 11.7. The van der Waals surface area contributed by atoms with Gasteiger partial charge in [-0.15, -0.1) is 0 Å². The predicted octanol–water partition coefficient (Wildman–Crippen LogP) is 1.21. The predicted molar refractivity (Wildman–Crippen MR) is 45.8 cm³/mol. The highest BCUT2D eigenvalue weighted by atomic mass is 16.1. The Bertz CT molecular complexity index is 328. The zero-order valence-corrected chi connectivity index (χ0v) is 7.27. The lowest BCUT2D eigenvalue weighted by atomic mass is 10.0. The van der Waals surface area contributed by atoms with Crippen molar-refractivity contribution in [3.8, 4) is 6.07 Å². The molecule has 1 unspecified atom stereocenters. The Morgan fingerprint density at radius 2 is 2.23 bits per heavy atom. The molecule has 0 amide bonds. The summed E-state index contributed by atoms with van der Waals surface area (Å²) in [4.78, 5) is 19.0. The minimum Gasteiger partial charge on any atom is -0.289 e. The van der Waals surface area contributed by atoms with E-state index in [1.807, 2.05) is 6.07 Å². The zero-order valence-electron chi connectivity index (χ0n) is 7.27. The number of rotatable bonds is 3. The Morgan fingerprint density at radius 1 is 1.62 bits per heavy atom. The summed E-state index contributed by atoms with van der Waals surface area (Å²) in [6, 6.07) is 3.55. The second-order valence-electron chi connectivity index (χ2n) is 2.53. The molecule has 0 spiro atoms. The largest absolute Gasteiger partial charge is 0.289 e. The minimum atomic E-state index is -0.623. The lowest BCUT2D eigenvalue weighted by molar-refractivity contribution is 0.0936. The van der Waals surface area contributed by atoms with Crippen LogP contribution in [0.3, 0.4) is 0 Å². The van der Waals surface area contributed by atoms with Gasteiger partial charge < -0.3 is 0 Å². The second kappa shape index (κ2) is 4.31. The van der Waals surface area contributed by atoms with Crippen LogP contribution in [0.1, 0.15) is 24.0 Å². The first kappa shape index (κ1) is 9.33. The highest BCUT2D eigenvalue weighted by Crippen LogP contribution is 2.06. The van der Waals surface area contributed by atoms with Gasteiger partial charge in [0, 0.05) is 12.4 Å². The smallest absolute Gasteiger partial charge is 0.217 e. The van der Waals surface area contributed by atoms with Gasteiger partial charge >= 0.3 is 0 Å².